The van der Waals surface area contributed by atoms with Crippen LogP contribution in [0.4, 0.5) is 4.39 Å². The molecule has 0 amide bonds. The predicted octanol–water partition coefficient (Wildman–Crippen LogP) is 2.11. The van der Waals surface area contributed by atoms with Gasteiger partial charge in [-0.25, -0.2) is 4.39 Å². The summed E-state index contributed by atoms with van der Waals surface area (Å²) in [5, 5.41) is 3.42. The van der Waals surface area contributed by atoms with Gasteiger partial charge in [0.05, 0.1) is 13.2 Å². The summed E-state index contributed by atoms with van der Waals surface area (Å²) in [6.45, 7) is 3.43. The van der Waals surface area contributed by atoms with Crippen LogP contribution in [0.15, 0.2) is 24.3 Å². The van der Waals surface area contributed by atoms with E-state index in [0.717, 1.165) is 32.6 Å². The zero-order valence-corrected chi connectivity index (χ0v) is 10.5. The van der Waals surface area contributed by atoms with Crippen LogP contribution in [0.3, 0.4) is 0 Å². The molecule has 1 aliphatic heterocycles. The van der Waals surface area contributed by atoms with Gasteiger partial charge in [-0.3, -0.25) is 0 Å². The van der Waals surface area contributed by atoms with Crippen molar-refractivity contribution in [2.45, 2.75) is 25.5 Å². The van der Waals surface area contributed by atoms with Crippen LogP contribution in [0.5, 0.6) is 0 Å². The topological polar surface area (TPSA) is 30.5 Å². The van der Waals surface area contributed by atoms with E-state index >= 15 is 0 Å². The molecule has 18 heavy (non-hydrogen) atoms. The molecule has 1 fully saturated rings. The quantitative estimate of drug-likeness (QED) is 0.788. The lowest BCUT2D eigenvalue weighted by Crippen LogP contribution is -2.36. The zero-order valence-electron chi connectivity index (χ0n) is 10.5. The number of ether oxygens (including phenoxy) is 2. The summed E-state index contributed by atoms with van der Waals surface area (Å²) in [7, 11) is 0. The molecule has 2 rings (SSSR count). The molecule has 1 heterocycles. The minimum Gasteiger partial charge on any atom is -0.381 e. The second-order valence-corrected chi connectivity index (χ2v) is 4.48. The lowest BCUT2D eigenvalue weighted by atomic mass is 10.1. The number of hydrogen-bond acceptors (Lipinski definition) is 3. The van der Waals surface area contributed by atoms with E-state index in [1.54, 1.807) is 12.1 Å². The fourth-order valence-electron chi connectivity index (χ4n) is 2.03. The average molecular weight is 253 g/mol. The standard InChI is InChI=1S/C14H20FNO2/c15-14-4-2-1-3-12(14)11-18-10-7-16-13-5-8-17-9-6-13/h1-4,13,16H,5-11H2. The monoisotopic (exact) mass is 253 g/mol. The van der Waals surface area contributed by atoms with E-state index in [4.69, 9.17) is 9.47 Å². The molecule has 0 atom stereocenters. The van der Waals surface area contributed by atoms with Gasteiger partial charge in [-0.05, 0) is 18.9 Å². The van der Waals surface area contributed by atoms with E-state index < -0.39 is 0 Å². The van der Waals surface area contributed by atoms with Gasteiger partial charge in [0.2, 0.25) is 0 Å². The van der Waals surface area contributed by atoms with E-state index in [-0.39, 0.29) is 5.82 Å². The molecule has 4 heteroatoms. The Labute approximate surface area is 107 Å². The van der Waals surface area contributed by atoms with Crippen molar-refractivity contribution in [1.29, 1.82) is 0 Å². The Hall–Kier alpha value is -0.970. The third kappa shape index (κ3) is 4.37. The molecule has 1 saturated heterocycles. The average Bonchev–Trinajstić information content (AvgIpc) is 2.42. The molecule has 0 aromatic heterocycles. The van der Waals surface area contributed by atoms with Crippen LogP contribution in [0.1, 0.15) is 18.4 Å². The fraction of sp³-hybridized carbons (Fsp3) is 0.571. The van der Waals surface area contributed by atoms with Gasteiger partial charge in [0.1, 0.15) is 5.82 Å². The second kappa shape index (κ2) is 7.46. The maximum atomic E-state index is 13.3. The summed E-state index contributed by atoms with van der Waals surface area (Å²) in [6, 6.07) is 7.25. The summed E-state index contributed by atoms with van der Waals surface area (Å²) in [5.41, 5.74) is 0.614. The van der Waals surface area contributed by atoms with Gasteiger partial charge in [0.25, 0.3) is 0 Å². The van der Waals surface area contributed by atoms with Crippen molar-refractivity contribution >= 4 is 0 Å². The van der Waals surface area contributed by atoms with Gasteiger partial charge in [0, 0.05) is 31.4 Å². The van der Waals surface area contributed by atoms with Crippen LogP contribution in [0.25, 0.3) is 0 Å². The molecule has 1 aromatic carbocycles. The Balaban J connectivity index is 1.57. The van der Waals surface area contributed by atoms with Gasteiger partial charge in [-0.2, -0.15) is 0 Å². The Morgan fingerprint density at radius 3 is 2.83 bits per heavy atom. The first-order chi connectivity index (χ1) is 8.86. The molecule has 100 valence electrons. The molecule has 0 aliphatic carbocycles. The van der Waals surface area contributed by atoms with Crippen molar-refractivity contribution < 1.29 is 13.9 Å². The molecule has 0 spiro atoms. The highest BCUT2D eigenvalue weighted by Gasteiger charge is 2.12. The van der Waals surface area contributed by atoms with Crippen molar-refractivity contribution in [3.8, 4) is 0 Å². The van der Waals surface area contributed by atoms with Gasteiger partial charge in [-0.15, -0.1) is 0 Å². The molecule has 0 saturated carbocycles. The predicted molar refractivity (Wildman–Crippen MR) is 67.9 cm³/mol. The lowest BCUT2D eigenvalue weighted by Gasteiger charge is -2.23. The first kappa shape index (κ1) is 13.5. The first-order valence-corrected chi connectivity index (χ1v) is 6.48. The van der Waals surface area contributed by atoms with Gasteiger partial charge < -0.3 is 14.8 Å². The van der Waals surface area contributed by atoms with E-state index in [9.17, 15) is 4.39 Å². The van der Waals surface area contributed by atoms with Gasteiger partial charge in [-0.1, -0.05) is 18.2 Å². The number of nitrogens with one attached hydrogen (secondary N) is 1. The Bertz CT molecular complexity index is 353. The van der Waals surface area contributed by atoms with E-state index in [2.05, 4.69) is 5.32 Å². The fourth-order valence-corrected chi connectivity index (χ4v) is 2.03. The van der Waals surface area contributed by atoms with Crippen molar-refractivity contribution in [2.24, 2.45) is 0 Å². The highest BCUT2D eigenvalue weighted by Crippen LogP contribution is 2.08. The lowest BCUT2D eigenvalue weighted by molar-refractivity contribution is 0.0713. The van der Waals surface area contributed by atoms with Crippen LogP contribution >= 0.6 is 0 Å². The summed E-state index contributed by atoms with van der Waals surface area (Å²) < 4.78 is 24.0. The number of benzene rings is 1. The Kier molecular flexibility index (Phi) is 5.58. The summed E-state index contributed by atoms with van der Waals surface area (Å²) in [6.07, 6.45) is 2.13. The van der Waals surface area contributed by atoms with E-state index in [0.29, 0.717) is 24.8 Å². The second-order valence-electron chi connectivity index (χ2n) is 4.48. The third-order valence-electron chi connectivity index (χ3n) is 3.12. The molecular weight excluding hydrogens is 233 g/mol. The highest BCUT2D eigenvalue weighted by molar-refractivity contribution is 5.16. The Morgan fingerprint density at radius 1 is 1.28 bits per heavy atom. The smallest absolute Gasteiger partial charge is 0.128 e. The van der Waals surface area contributed by atoms with Crippen molar-refractivity contribution in [1.82, 2.24) is 5.32 Å². The zero-order chi connectivity index (χ0) is 12.6. The van der Waals surface area contributed by atoms with Crippen molar-refractivity contribution in [2.75, 3.05) is 26.4 Å². The number of hydrogen-bond donors (Lipinski definition) is 1. The first-order valence-electron chi connectivity index (χ1n) is 6.48. The molecule has 1 N–H and O–H groups in total. The minimum absolute atomic E-state index is 0.199. The maximum Gasteiger partial charge on any atom is 0.128 e. The van der Waals surface area contributed by atoms with Gasteiger partial charge in [0.15, 0.2) is 0 Å². The van der Waals surface area contributed by atoms with Crippen LogP contribution < -0.4 is 5.32 Å². The summed E-state index contributed by atoms with van der Waals surface area (Å²) in [4.78, 5) is 0. The van der Waals surface area contributed by atoms with Crippen molar-refractivity contribution in [3.63, 3.8) is 0 Å². The maximum absolute atomic E-state index is 13.3. The molecule has 0 unspecified atom stereocenters. The number of halogens is 1. The van der Waals surface area contributed by atoms with E-state index in [1.165, 1.54) is 6.07 Å². The van der Waals surface area contributed by atoms with Crippen LogP contribution in [0, 0.1) is 5.82 Å². The molecule has 3 nitrogen and oxygen atoms in total. The summed E-state index contributed by atoms with van der Waals surface area (Å²) >= 11 is 0. The molecular formula is C14H20FNO2. The summed E-state index contributed by atoms with van der Waals surface area (Å²) in [5.74, 6) is -0.199. The van der Waals surface area contributed by atoms with E-state index in [1.807, 2.05) is 6.07 Å². The normalized spacial score (nSPS) is 16.9. The highest BCUT2D eigenvalue weighted by atomic mass is 19.1. The van der Waals surface area contributed by atoms with Gasteiger partial charge >= 0.3 is 0 Å². The largest absolute Gasteiger partial charge is 0.381 e. The third-order valence-corrected chi connectivity index (χ3v) is 3.12. The number of rotatable bonds is 6. The van der Waals surface area contributed by atoms with Crippen molar-refractivity contribution in [3.05, 3.63) is 35.6 Å². The van der Waals surface area contributed by atoms with Crippen LogP contribution in [-0.2, 0) is 16.1 Å². The molecule has 0 bridgehead atoms. The molecule has 0 radical (unpaired) electrons. The van der Waals surface area contributed by atoms with Crippen LogP contribution in [0.2, 0.25) is 0 Å². The Morgan fingerprint density at radius 2 is 2.06 bits per heavy atom. The minimum atomic E-state index is -0.199. The van der Waals surface area contributed by atoms with Crippen LogP contribution in [-0.4, -0.2) is 32.4 Å². The molecule has 1 aliphatic rings. The SMILES string of the molecule is Fc1ccccc1COCCNC1CCOCC1. The molecule has 1 aromatic rings.